The summed E-state index contributed by atoms with van der Waals surface area (Å²) in [6, 6.07) is 0. The molecule has 1 rings (SSSR count). The van der Waals surface area contributed by atoms with Gasteiger partial charge in [0.1, 0.15) is 0 Å². The lowest BCUT2D eigenvalue weighted by atomic mass is 9.79. The Balaban J connectivity index is 2.23. The molecule has 0 amide bonds. The van der Waals surface area contributed by atoms with E-state index in [2.05, 4.69) is 10.5 Å². The van der Waals surface area contributed by atoms with Crippen LogP contribution in [-0.4, -0.2) is 35.8 Å². The molecule has 0 heterocycles. The van der Waals surface area contributed by atoms with Crippen molar-refractivity contribution in [2.45, 2.75) is 25.7 Å². The summed E-state index contributed by atoms with van der Waals surface area (Å²) in [5.41, 5.74) is 5.34. The van der Waals surface area contributed by atoms with Crippen LogP contribution in [0.5, 0.6) is 0 Å². The largest absolute Gasteiger partial charge is 0.409 e. The Hall–Kier alpha value is -0.810. The van der Waals surface area contributed by atoms with Crippen molar-refractivity contribution in [1.29, 1.82) is 0 Å². The number of rotatable bonds is 5. The molecular weight excluding hydrogens is 194 g/mol. The summed E-state index contributed by atoms with van der Waals surface area (Å²) in [5, 5.41) is 23.6. The lowest BCUT2D eigenvalue weighted by molar-refractivity contribution is 0.134. The average Bonchev–Trinajstić information content (AvgIpc) is 2.29. The third kappa shape index (κ3) is 4.05. The van der Waals surface area contributed by atoms with E-state index in [-0.39, 0.29) is 12.4 Å². The Morgan fingerprint density at radius 1 is 1.33 bits per heavy atom. The molecule has 5 nitrogen and oxygen atoms in total. The minimum Gasteiger partial charge on any atom is -0.409 e. The Morgan fingerprint density at radius 2 is 2.00 bits per heavy atom. The van der Waals surface area contributed by atoms with Crippen molar-refractivity contribution in [3.8, 4) is 0 Å². The van der Waals surface area contributed by atoms with Crippen LogP contribution >= 0.6 is 0 Å². The molecule has 1 aliphatic rings. The minimum atomic E-state index is 0.200. The van der Waals surface area contributed by atoms with Gasteiger partial charge in [-0.1, -0.05) is 18.0 Å². The van der Waals surface area contributed by atoms with Crippen LogP contribution < -0.4 is 11.1 Å². The maximum absolute atomic E-state index is 9.20. The van der Waals surface area contributed by atoms with Crippen molar-refractivity contribution in [3.05, 3.63) is 0 Å². The van der Waals surface area contributed by atoms with Gasteiger partial charge in [-0.05, 0) is 31.2 Å². The van der Waals surface area contributed by atoms with Gasteiger partial charge in [0.25, 0.3) is 0 Å². The summed E-state index contributed by atoms with van der Waals surface area (Å²) in [6.07, 6.45) is 4.75. The monoisotopic (exact) mass is 215 g/mol. The first-order valence-electron chi connectivity index (χ1n) is 5.56. The number of aliphatic hydroxyl groups excluding tert-OH is 1. The third-order valence-electron chi connectivity index (χ3n) is 3.14. The highest BCUT2D eigenvalue weighted by molar-refractivity contribution is 5.81. The molecule has 0 aliphatic heterocycles. The number of nitrogens with one attached hydrogen (secondary N) is 1. The fourth-order valence-electron chi connectivity index (χ4n) is 2.21. The highest BCUT2D eigenvalue weighted by Gasteiger charge is 2.23. The highest BCUT2D eigenvalue weighted by Crippen LogP contribution is 2.28. The van der Waals surface area contributed by atoms with Crippen molar-refractivity contribution in [2.24, 2.45) is 22.7 Å². The SMILES string of the molecule is NC(CNCC1CCCCC1CO)=NO. The van der Waals surface area contributed by atoms with Crippen LogP contribution in [0.3, 0.4) is 0 Å². The number of hydrogen-bond donors (Lipinski definition) is 4. The molecule has 1 aliphatic carbocycles. The zero-order valence-corrected chi connectivity index (χ0v) is 9.02. The maximum atomic E-state index is 9.20. The Morgan fingerprint density at radius 3 is 2.60 bits per heavy atom. The Kier molecular flexibility index (Phi) is 5.42. The molecular formula is C10H21N3O2. The molecule has 0 aromatic heterocycles. The average molecular weight is 215 g/mol. The topological polar surface area (TPSA) is 90.9 Å². The molecule has 15 heavy (non-hydrogen) atoms. The zero-order valence-electron chi connectivity index (χ0n) is 9.02. The molecule has 5 N–H and O–H groups in total. The quantitative estimate of drug-likeness (QED) is 0.227. The van der Waals surface area contributed by atoms with Crippen molar-refractivity contribution < 1.29 is 10.3 Å². The van der Waals surface area contributed by atoms with Gasteiger partial charge < -0.3 is 21.4 Å². The lowest BCUT2D eigenvalue weighted by Gasteiger charge is -2.30. The minimum absolute atomic E-state index is 0.200. The van der Waals surface area contributed by atoms with E-state index in [1.54, 1.807) is 0 Å². The number of amidine groups is 1. The number of nitrogens with two attached hydrogens (primary N) is 1. The Labute approximate surface area is 90.3 Å². The van der Waals surface area contributed by atoms with E-state index in [1.165, 1.54) is 12.8 Å². The number of oxime groups is 1. The summed E-state index contributed by atoms with van der Waals surface area (Å²) in [7, 11) is 0. The summed E-state index contributed by atoms with van der Waals surface area (Å²) in [4.78, 5) is 0. The van der Waals surface area contributed by atoms with Gasteiger partial charge in [-0.3, -0.25) is 0 Å². The van der Waals surface area contributed by atoms with Crippen LogP contribution in [0.4, 0.5) is 0 Å². The van der Waals surface area contributed by atoms with Gasteiger partial charge in [-0.25, -0.2) is 0 Å². The lowest BCUT2D eigenvalue weighted by Crippen LogP contribution is -2.36. The smallest absolute Gasteiger partial charge is 0.153 e. The number of nitrogens with zero attached hydrogens (tertiary/aromatic N) is 1. The molecule has 0 saturated heterocycles. The van der Waals surface area contributed by atoms with E-state index >= 15 is 0 Å². The van der Waals surface area contributed by atoms with E-state index < -0.39 is 0 Å². The van der Waals surface area contributed by atoms with Gasteiger partial charge in [0.15, 0.2) is 5.84 Å². The van der Waals surface area contributed by atoms with Gasteiger partial charge >= 0.3 is 0 Å². The molecule has 88 valence electrons. The molecule has 1 fully saturated rings. The van der Waals surface area contributed by atoms with Gasteiger partial charge in [-0.15, -0.1) is 0 Å². The predicted molar refractivity (Wildman–Crippen MR) is 58.8 cm³/mol. The van der Waals surface area contributed by atoms with Gasteiger partial charge in [0, 0.05) is 6.61 Å². The molecule has 1 saturated carbocycles. The maximum Gasteiger partial charge on any atom is 0.153 e. The van der Waals surface area contributed by atoms with Crippen LogP contribution in [-0.2, 0) is 0 Å². The predicted octanol–water partition coefficient (Wildman–Crippen LogP) is 0.121. The molecule has 0 aromatic carbocycles. The van der Waals surface area contributed by atoms with Crippen LogP contribution in [0.2, 0.25) is 0 Å². The molecule has 2 atom stereocenters. The van der Waals surface area contributed by atoms with E-state index in [9.17, 15) is 5.11 Å². The van der Waals surface area contributed by atoms with E-state index in [0.29, 0.717) is 18.4 Å². The van der Waals surface area contributed by atoms with Gasteiger partial charge in [-0.2, -0.15) is 0 Å². The summed E-state index contributed by atoms with van der Waals surface area (Å²) < 4.78 is 0. The molecule has 0 aromatic rings. The molecule has 0 spiro atoms. The van der Waals surface area contributed by atoms with Crippen molar-refractivity contribution >= 4 is 5.84 Å². The Bertz CT molecular complexity index is 209. The second-order valence-corrected chi connectivity index (χ2v) is 4.21. The number of hydrogen-bond acceptors (Lipinski definition) is 4. The first-order valence-corrected chi connectivity index (χ1v) is 5.56. The summed E-state index contributed by atoms with van der Waals surface area (Å²) in [5.74, 6) is 1.14. The molecule has 0 bridgehead atoms. The van der Waals surface area contributed by atoms with E-state index in [0.717, 1.165) is 19.4 Å². The highest BCUT2D eigenvalue weighted by atomic mass is 16.4. The fourth-order valence-corrected chi connectivity index (χ4v) is 2.21. The first-order chi connectivity index (χ1) is 7.27. The van der Waals surface area contributed by atoms with Gasteiger partial charge in [0.05, 0.1) is 6.54 Å². The molecule has 5 heteroatoms. The van der Waals surface area contributed by atoms with Crippen LogP contribution in [0.1, 0.15) is 25.7 Å². The van der Waals surface area contributed by atoms with Crippen molar-refractivity contribution in [2.75, 3.05) is 19.7 Å². The van der Waals surface area contributed by atoms with Crippen LogP contribution in [0, 0.1) is 11.8 Å². The third-order valence-corrected chi connectivity index (χ3v) is 3.14. The second kappa shape index (κ2) is 6.63. The summed E-state index contributed by atoms with van der Waals surface area (Å²) in [6.45, 7) is 1.52. The molecule has 2 unspecified atom stereocenters. The fraction of sp³-hybridized carbons (Fsp3) is 0.900. The first kappa shape index (κ1) is 12.3. The zero-order chi connectivity index (χ0) is 11.1. The molecule has 0 radical (unpaired) electrons. The van der Waals surface area contributed by atoms with Crippen molar-refractivity contribution in [3.63, 3.8) is 0 Å². The van der Waals surface area contributed by atoms with Gasteiger partial charge in [0.2, 0.25) is 0 Å². The van der Waals surface area contributed by atoms with Crippen LogP contribution in [0.25, 0.3) is 0 Å². The normalized spacial score (nSPS) is 27.9. The summed E-state index contributed by atoms with van der Waals surface area (Å²) >= 11 is 0. The van der Waals surface area contributed by atoms with E-state index in [4.69, 9.17) is 10.9 Å². The van der Waals surface area contributed by atoms with Crippen molar-refractivity contribution in [1.82, 2.24) is 5.32 Å². The number of aliphatic hydroxyl groups is 1. The second-order valence-electron chi connectivity index (χ2n) is 4.21. The van der Waals surface area contributed by atoms with Crippen LogP contribution in [0.15, 0.2) is 5.16 Å². The standard InChI is InChI=1S/C10H21N3O2/c11-10(13-15)6-12-5-8-3-1-2-4-9(8)7-14/h8-9,12,14-15H,1-7H2,(H2,11,13). The van der Waals surface area contributed by atoms with E-state index in [1.807, 2.05) is 0 Å².